The molecule has 1 unspecified atom stereocenters. The summed E-state index contributed by atoms with van der Waals surface area (Å²) >= 11 is 3.38. The van der Waals surface area contributed by atoms with Crippen molar-refractivity contribution in [1.82, 2.24) is 0 Å². The van der Waals surface area contributed by atoms with Gasteiger partial charge in [-0.3, -0.25) is 4.79 Å². The molecule has 2 rings (SSSR count). The van der Waals surface area contributed by atoms with E-state index in [-0.39, 0.29) is 11.6 Å². The molecule has 0 saturated carbocycles. The Kier molecular flexibility index (Phi) is 5.04. The number of Topliss-reactive ketones (excluding diaryl/α,β-unsaturated/α-hetero) is 1. The van der Waals surface area contributed by atoms with Crippen LogP contribution in [0.2, 0.25) is 0 Å². The summed E-state index contributed by atoms with van der Waals surface area (Å²) in [4.78, 5) is 12.1. The van der Waals surface area contributed by atoms with Crippen molar-refractivity contribution in [2.24, 2.45) is 0 Å². The van der Waals surface area contributed by atoms with Crippen molar-refractivity contribution in [2.45, 2.75) is 19.6 Å². The van der Waals surface area contributed by atoms with Gasteiger partial charge in [0, 0.05) is 10.0 Å². The molecule has 0 bridgehead atoms. The first-order valence-corrected chi connectivity index (χ1v) is 7.01. The summed E-state index contributed by atoms with van der Waals surface area (Å²) in [7, 11) is 0. The Balaban J connectivity index is 1.96. The molecule has 104 valence electrons. The van der Waals surface area contributed by atoms with Crippen LogP contribution in [0.1, 0.15) is 22.8 Å². The van der Waals surface area contributed by atoms with Gasteiger partial charge < -0.3 is 4.74 Å². The van der Waals surface area contributed by atoms with Gasteiger partial charge in [0.1, 0.15) is 11.9 Å². The normalized spacial score (nSPS) is 12.2. The van der Waals surface area contributed by atoms with Crippen molar-refractivity contribution in [1.29, 1.82) is 0 Å². The van der Waals surface area contributed by atoms with Gasteiger partial charge >= 0.3 is 0 Å². The maximum absolute atomic E-state index is 12.8. The summed E-state index contributed by atoms with van der Waals surface area (Å²) in [6.07, 6.45) is -0.570. The third kappa shape index (κ3) is 3.99. The van der Waals surface area contributed by atoms with Gasteiger partial charge in [0.2, 0.25) is 0 Å². The molecule has 2 aromatic carbocycles. The van der Waals surface area contributed by atoms with Crippen LogP contribution in [0.25, 0.3) is 0 Å². The zero-order valence-electron chi connectivity index (χ0n) is 11.0. The first kappa shape index (κ1) is 14.9. The molecule has 0 heterocycles. The van der Waals surface area contributed by atoms with Crippen LogP contribution < -0.4 is 0 Å². The second-order valence-corrected chi connectivity index (χ2v) is 5.37. The molecule has 4 heteroatoms. The first-order chi connectivity index (χ1) is 9.56. The van der Waals surface area contributed by atoms with E-state index in [1.54, 1.807) is 6.92 Å². The van der Waals surface area contributed by atoms with E-state index in [4.69, 9.17) is 4.74 Å². The second kappa shape index (κ2) is 6.77. The number of hydrogen-bond donors (Lipinski definition) is 0. The van der Waals surface area contributed by atoms with E-state index < -0.39 is 6.10 Å². The predicted octanol–water partition coefficient (Wildman–Crippen LogP) is 4.38. The lowest BCUT2D eigenvalue weighted by Gasteiger charge is -2.12. The molecule has 0 spiro atoms. The minimum atomic E-state index is -0.570. The van der Waals surface area contributed by atoms with E-state index in [9.17, 15) is 9.18 Å². The fourth-order valence-corrected chi connectivity index (χ4v) is 2.22. The first-order valence-electron chi connectivity index (χ1n) is 6.22. The van der Waals surface area contributed by atoms with Crippen molar-refractivity contribution < 1.29 is 13.9 Å². The molecule has 1 atom stereocenters. The van der Waals surface area contributed by atoms with Crippen molar-refractivity contribution in [3.8, 4) is 0 Å². The Labute approximate surface area is 125 Å². The largest absolute Gasteiger partial charge is 0.366 e. The Hall–Kier alpha value is -1.52. The number of carbonyl (C=O) groups excluding carboxylic acids is 1. The lowest BCUT2D eigenvalue weighted by molar-refractivity contribution is 0.0412. The number of rotatable bonds is 5. The van der Waals surface area contributed by atoms with Gasteiger partial charge in [-0.2, -0.15) is 0 Å². The Morgan fingerprint density at radius 3 is 2.60 bits per heavy atom. The topological polar surface area (TPSA) is 26.3 Å². The van der Waals surface area contributed by atoms with Crippen molar-refractivity contribution in [3.05, 3.63) is 69.9 Å². The molecule has 0 fully saturated rings. The number of benzene rings is 2. The van der Waals surface area contributed by atoms with Crippen molar-refractivity contribution >= 4 is 21.7 Å². The van der Waals surface area contributed by atoms with Gasteiger partial charge in [-0.05, 0) is 48.9 Å². The van der Waals surface area contributed by atoms with Gasteiger partial charge in [-0.15, -0.1) is 0 Å². The predicted molar refractivity (Wildman–Crippen MR) is 79.1 cm³/mol. The number of carbonyl (C=O) groups is 1. The second-order valence-electron chi connectivity index (χ2n) is 4.45. The maximum atomic E-state index is 12.8. The molecule has 20 heavy (non-hydrogen) atoms. The summed E-state index contributed by atoms with van der Waals surface area (Å²) in [6, 6.07) is 13.2. The number of halogens is 2. The van der Waals surface area contributed by atoms with Gasteiger partial charge in [0.05, 0.1) is 6.61 Å². The van der Waals surface area contributed by atoms with E-state index in [2.05, 4.69) is 15.9 Å². The third-order valence-electron chi connectivity index (χ3n) is 2.89. The lowest BCUT2D eigenvalue weighted by Crippen LogP contribution is -2.20. The van der Waals surface area contributed by atoms with Gasteiger partial charge in [-0.25, -0.2) is 4.39 Å². The van der Waals surface area contributed by atoms with E-state index in [1.807, 2.05) is 24.3 Å². The van der Waals surface area contributed by atoms with E-state index in [1.165, 1.54) is 24.3 Å². The van der Waals surface area contributed by atoms with Crippen LogP contribution in [0.3, 0.4) is 0 Å². The Bertz CT molecular complexity index is 596. The van der Waals surface area contributed by atoms with Crippen LogP contribution in [-0.4, -0.2) is 11.9 Å². The molecular weight excluding hydrogens is 323 g/mol. The summed E-state index contributed by atoms with van der Waals surface area (Å²) in [6.45, 7) is 2.05. The Morgan fingerprint density at radius 2 is 1.95 bits per heavy atom. The Morgan fingerprint density at radius 1 is 1.25 bits per heavy atom. The molecule has 0 N–H and O–H groups in total. The highest BCUT2D eigenvalue weighted by Gasteiger charge is 2.15. The lowest BCUT2D eigenvalue weighted by atomic mass is 10.1. The van der Waals surface area contributed by atoms with Crippen LogP contribution in [0.4, 0.5) is 4.39 Å². The average molecular weight is 337 g/mol. The van der Waals surface area contributed by atoms with Crippen LogP contribution in [0.5, 0.6) is 0 Å². The molecule has 0 amide bonds. The fourth-order valence-electron chi connectivity index (χ4n) is 1.77. The molecule has 0 aliphatic carbocycles. The highest BCUT2D eigenvalue weighted by molar-refractivity contribution is 9.10. The minimum absolute atomic E-state index is 0.153. The quantitative estimate of drug-likeness (QED) is 0.757. The summed E-state index contributed by atoms with van der Waals surface area (Å²) in [5, 5.41) is 0. The van der Waals surface area contributed by atoms with E-state index in [0.717, 1.165) is 10.0 Å². The van der Waals surface area contributed by atoms with Crippen LogP contribution in [-0.2, 0) is 11.3 Å². The van der Waals surface area contributed by atoms with Crippen LogP contribution >= 0.6 is 15.9 Å². The summed E-state index contributed by atoms with van der Waals surface area (Å²) < 4.78 is 19.3. The van der Waals surface area contributed by atoms with Gasteiger partial charge in [0.15, 0.2) is 5.78 Å². The average Bonchev–Trinajstić information content (AvgIpc) is 2.45. The molecule has 2 aromatic rings. The fraction of sp³-hybridized carbons (Fsp3) is 0.188. The molecule has 0 aliphatic rings. The van der Waals surface area contributed by atoms with Crippen LogP contribution in [0.15, 0.2) is 53.0 Å². The zero-order chi connectivity index (χ0) is 14.5. The standard InChI is InChI=1S/C16H14BrFO2/c1-11(16(19)13-5-7-15(18)8-6-13)20-10-12-3-2-4-14(17)9-12/h2-9,11H,10H2,1H3. The van der Waals surface area contributed by atoms with Crippen molar-refractivity contribution in [3.63, 3.8) is 0 Å². The third-order valence-corrected chi connectivity index (χ3v) is 3.38. The van der Waals surface area contributed by atoms with E-state index >= 15 is 0 Å². The number of ether oxygens (including phenoxy) is 1. The SMILES string of the molecule is CC(OCc1cccc(Br)c1)C(=O)c1ccc(F)cc1. The minimum Gasteiger partial charge on any atom is -0.366 e. The molecular formula is C16H14BrFO2. The van der Waals surface area contributed by atoms with Crippen LogP contribution in [0, 0.1) is 5.82 Å². The summed E-state index contributed by atoms with van der Waals surface area (Å²) in [5.74, 6) is -0.510. The molecule has 0 aromatic heterocycles. The monoisotopic (exact) mass is 336 g/mol. The van der Waals surface area contributed by atoms with Gasteiger partial charge in [-0.1, -0.05) is 28.1 Å². The zero-order valence-corrected chi connectivity index (χ0v) is 12.6. The van der Waals surface area contributed by atoms with Crippen molar-refractivity contribution in [2.75, 3.05) is 0 Å². The molecule has 0 aliphatic heterocycles. The molecule has 2 nitrogen and oxygen atoms in total. The maximum Gasteiger partial charge on any atom is 0.191 e. The highest BCUT2D eigenvalue weighted by Crippen LogP contribution is 2.14. The molecule has 0 saturated heterocycles. The molecule has 0 radical (unpaired) electrons. The van der Waals surface area contributed by atoms with E-state index in [0.29, 0.717) is 12.2 Å². The summed E-state index contributed by atoms with van der Waals surface area (Å²) in [5.41, 5.74) is 1.44. The highest BCUT2D eigenvalue weighted by atomic mass is 79.9. The smallest absolute Gasteiger partial charge is 0.191 e. The number of hydrogen-bond acceptors (Lipinski definition) is 2. The van der Waals surface area contributed by atoms with Gasteiger partial charge in [0.25, 0.3) is 0 Å². The number of ketones is 1.